The van der Waals surface area contributed by atoms with E-state index in [-0.39, 0.29) is 19.4 Å². The molecule has 0 amide bonds. The molecule has 0 saturated carbocycles. The number of carbonyl (C=O) groups excluding carboxylic acids is 2. The van der Waals surface area contributed by atoms with E-state index < -0.39 is 32.5 Å². The fourth-order valence-corrected chi connectivity index (χ4v) is 4.29. The normalized spacial score (nSPS) is 12.8. The maximum absolute atomic E-state index is 12.2. The number of phosphoric ester groups is 1. The molecule has 0 aromatic rings. The maximum atomic E-state index is 12.2. The molecule has 8 nitrogen and oxygen atoms in total. The molecule has 0 aliphatic heterocycles. The summed E-state index contributed by atoms with van der Waals surface area (Å²) in [5.41, 5.74) is 0. The van der Waals surface area contributed by atoms with E-state index in [1.165, 1.54) is 44.9 Å². The number of hydrogen-bond donors (Lipinski definition) is 2. The van der Waals surface area contributed by atoms with Crippen LogP contribution >= 0.6 is 7.82 Å². The molecule has 0 aliphatic rings. The van der Waals surface area contributed by atoms with Crippen molar-refractivity contribution < 1.29 is 37.9 Å². The largest absolute Gasteiger partial charge is 0.469 e. The van der Waals surface area contributed by atoms with Crippen LogP contribution in [0.4, 0.5) is 0 Å². The quantitative estimate of drug-likeness (QED) is 0.0437. The average molecular weight is 575 g/mol. The van der Waals surface area contributed by atoms with Gasteiger partial charge in [-0.3, -0.25) is 14.1 Å². The van der Waals surface area contributed by atoms with Gasteiger partial charge in [-0.25, -0.2) is 4.57 Å². The van der Waals surface area contributed by atoms with E-state index >= 15 is 0 Å². The lowest BCUT2D eigenvalue weighted by atomic mass is 10.1. The highest BCUT2D eigenvalue weighted by Crippen LogP contribution is 2.35. The highest BCUT2D eigenvalue weighted by Gasteiger charge is 2.22. The van der Waals surface area contributed by atoms with Crippen molar-refractivity contribution in [3.8, 4) is 0 Å². The van der Waals surface area contributed by atoms with Gasteiger partial charge in [0, 0.05) is 12.8 Å². The van der Waals surface area contributed by atoms with Gasteiger partial charge in [0.2, 0.25) is 0 Å². The molecule has 9 heteroatoms. The first kappa shape index (κ1) is 37.5. The van der Waals surface area contributed by atoms with Crippen molar-refractivity contribution in [2.24, 2.45) is 0 Å². The van der Waals surface area contributed by atoms with Gasteiger partial charge in [-0.1, -0.05) is 102 Å². The Morgan fingerprint density at radius 3 is 1.74 bits per heavy atom. The summed E-state index contributed by atoms with van der Waals surface area (Å²) in [5.74, 6) is -0.916. The fourth-order valence-electron chi connectivity index (χ4n) is 3.93. The van der Waals surface area contributed by atoms with Gasteiger partial charge in [-0.05, 0) is 44.9 Å². The van der Waals surface area contributed by atoms with Crippen molar-refractivity contribution in [3.63, 3.8) is 0 Å². The predicted molar refractivity (Wildman–Crippen MR) is 156 cm³/mol. The number of carbonyl (C=O) groups is 2. The summed E-state index contributed by atoms with van der Waals surface area (Å²) in [4.78, 5) is 42.0. The Kier molecular flexibility index (Phi) is 25.7. The minimum absolute atomic E-state index is 0.204. The molecule has 228 valence electrons. The molecule has 0 aromatic carbocycles. The minimum Gasteiger partial charge on any atom is -0.462 e. The number of esters is 2. The molecule has 39 heavy (non-hydrogen) atoms. The van der Waals surface area contributed by atoms with E-state index in [0.29, 0.717) is 12.8 Å². The van der Waals surface area contributed by atoms with Crippen LogP contribution in [0.1, 0.15) is 136 Å². The number of allylic oxidation sites excluding steroid dienone is 4. The first-order valence-electron chi connectivity index (χ1n) is 15.1. The minimum atomic E-state index is -4.73. The second-order valence-corrected chi connectivity index (χ2v) is 11.3. The number of rotatable bonds is 27. The summed E-state index contributed by atoms with van der Waals surface area (Å²) in [6.45, 7) is 3.48. The third-order valence-electron chi connectivity index (χ3n) is 6.22. The summed E-state index contributed by atoms with van der Waals surface area (Å²) in [7, 11) is -4.73. The van der Waals surface area contributed by atoms with Crippen LogP contribution in [-0.4, -0.2) is 41.0 Å². The molecular formula is C30H55O8P. The van der Waals surface area contributed by atoms with Crippen molar-refractivity contribution in [2.75, 3.05) is 13.2 Å². The SMILES string of the molecule is CCCCC/C=C\C/C=C\CCCCCCCCCC(=O)OC(COC(=O)CCCCCC)COP(=O)(O)O. The molecule has 0 heterocycles. The van der Waals surface area contributed by atoms with Crippen LogP contribution in [0.15, 0.2) is 24.3 Å². The van der Waals surface area contributed by atoms with Gasteiger partial charge >= 0.3 is 19.8 Å². The molecule has 0 spiro atoms. The van der Waals surface area contributed by atoms with Crippen LogP contribution in [0.2, 0.25) is 0 Å². The molecule has 1 unspecified atom stereocenters. The van der Waals surface area contributed by atoms with E-state index in [1.54, 1.807) is 0 Å². The summed E-state index contributed by atoms with van der Waals surface area (Å²) in [6, 6.07) is 0. The zero-order valence-corrected chi connectivity index (χ0v) is 25.4. The van der Waals surface area contributed by atoms with Crippen LogP contribution in [-0.2, 0) is 28.2 Å². The van der Waals surface area contributed by atoms with Gasteiger partial charge in [0.1, 0.15) is 6.61 Å². The maximum Gasteiger partial charge on any atom is 0.469 e. The van der Waals surface area contributed by atoms with Gasteiger partial charge in [0.05, 0.1) is 6.61 Å². The lowest BCUT2D eigenvalue weighted by molar-refractivity contribution is -0.161. The Morgan fingerprint density at radius 1 is 0.667 bits per heavy atom. The smallest absolute Gasteiger partial charge is 0.462 e. The van der Waals surface area contributed by atoms with Gasteiger partial charge in [0.15, 0.2) is 6.10 Å². The summed E-state index contributed by atoms with van der Waals surface area (Å²) in [6.07, 6.45) is 26.8. The lowest BCUT2D eigenvalue weighted by Gasteiger charge is -2.18. The molecule has 0 bridgehead atoms. The first-order chi connectivity index (χ1) is 18.8. The Hall–Kier alpha value is -1.47. The zero-order valence-electron chi connectivity index (χ0n) is 24.5. The number of unbranched alkanes of at least 4 members (excludes halogenated alkanes) is 13. The Morgan fingerprint density at radius 2 is 1.15 bits per heavy atom. The second-order valence-electron chi connectivity index (χ2n) is 10.1. The Labute approximate surface area is 237 Å². The zero-order chi connectivity index (χ0) is 29.0. The van der Waals surface area contributed by atoms with Crippen LogP contribution in [0.3, 0.4) is 0 Å². The summed E-state index contributed by atoms with van der Waals surface area (Å²) in [5, 5.41) is 0. The number of ether oxygens (including phenoxy) is 2. The molecule has 1 atom stereocenters. The summed E-state index contributed by atoms with van der Waals surface area (Å²) < 4.78 is 25.9. The third kappa shape index (κ3) is 29.3. The van der Waals surface area contributed by atoms with Gasteiger partial charge in [0.25, 0.3) is 0 Å². The number of phosphoric acid groups is 1. The molecule has 2 N–H and O–H groups in total. The molecule has 0 aromatic heterocycles. The summed E-state index contributed by atoms with van der Waals surface area (Å²) >= 11 is 0. The standard InChI is InChI=1S/C30H55O8P/c1-3-5-7-9-10-11-12-13-14-15-16-17-18-19-20-21-23-25-30(32)38-28(27-37-39(33,34)35)26-36-29(31)24-22-8-6-4-2/h10-11,13-14,28H,3-9,12,15-27H2,1-2H3,(H2,33,34,35)/b11-10-,14-13-. The Bertz CT molecular complexity index is 701. The highest BCUT2D eigenvalue weighted by atomic mass is 31.2. The lowest BCUT2D eigenvalue weighted by Crippen LogP contribution is -2.29. The topological polar surface area (TPSA) is 119 Å². The van der Waals surface area contributed by atoms with E-state index in [9.17, 15) is 14.2 Å². The van der Waals surface area contributed by atoms with Gasteiger partial charge in [-0.15, -0.1) is 0 Å². The monoisotopic (exact) mass is 574 g/mol. The second kappa shape index (κ2) is 26.7. The van der Waals surface area contributed by atoms with Crippen molar-refractivity contribution in [3.05, 3.63) is 24.3 Å². The van der Waals surface area contributed by atoms with Crippen LogP contribution < -0.4 is 0 Å². The van der Waals surface area contributed by atoms with Crippen LogP contribution in [0.25, 0.3) is 0 Å². The van der Waals surface area contributed by atoms with Gasteiger partial charge in [-0.2, -0.15) is 0 Å². The van der Waals surface area contributed by atoms with Crippen LogP contribution in [0.5, 0.6) is 0 Å². The average Bonchev–Trinajstić information content (AvgIpc) is 2.89. The van der Waals surface area contributed by atoms with E-state index in [4.69, 9.17) is 19.3 Å². The van der Waals surface area contributed by atoms with E-state index in [0.717, 1.165) is 51.4 Å². The van der Waals surface area contributed by atoms with Crippen molar-refractivity contribution >= 4 is 19.8 Å². The van der Waals surface area contributed by atoms with Gasteiger partial charge < -0.3 is 19.3 Å². The molecule has 0 aliphatic carbocycles. The molecule has 0 rings (SSSR count). The molecule has 0 fully saturated rings. The molecule has 0 saturated heterocycles. The number of hydrogen-bond acceptors (Lipinski definition) is 6. The van der Waals surface area contributed by atoms with Crippen LogP contribution in [0, 0.1) is 0 Å². The van der Waals surface area contributed by atoms with E-state index in [1.807, 2.05) is 0 Å². The first-order valence-corrected chi connectivity index (χ1v) is 16.7. The predicted octanol–water partition coefficient (Wildman–Crippen LogP) is 8.11. The van der Waals surface area contributed by atoms with E-state index in [2.05, 4.69) is 42.7 Å². The van der Waals surface area contributed by atoms with Crippen molar-refractivity contribution in [1.29, 1.82) is 0 Å². The molecule has 0 radical (unpaired) electrons. The molecular weight excluding hydrogens is 519 g/mol. The van der Waals surface area contributed by atoms with Crippen molar-refractivity contribution in [2.45, 2.75) is 142 Å². The third-order valence-corrected chi connectivity index (χ3v) is 6.71. The fraction of sp³-hybridized carbons (Fsp3) is 0.800. The van der Waals surface area contributed by atoms with Crippen molar-refractivity contribution in [1.82, 2.24) is 0 Å². The highest BCUT2D eigenvalue weighted by molar-refractivity contribution is 7.46. The Balaban J connectivity index is 3.94.